The summed E-state index contributed by atoms with van der Waals surface area (Å²) in [7, 11) is 0. The van der Waals surface area contributed by atoms with E-state index in [1.54, 1.807) is 0 Å². The molecule has 7 heteroatoms. The largest absolute Gasteiger partial charge is 0.378 e. The van der Waals surface area contributed by atoms with Crippen molar-refractivity contribution < 1.29 is 13.9 Å². The highest BCUT2D eigenvalue weighted by Crippen LogP contribution is 2.24. The van der Waals surface area contributed by atoms with Crippen LogP contribution in [0.1, 0.15) is 15.9 Å². The summed E-state index contributed by atoms with van der Waals surface area (Å²) in [6.07, 6.45) is 0. The summed E-state index contributed by atoms with van der Waals surface area (Å²) in [4.78, 5) is 14.4. The third-order valence-corrected chi connectivity index (χ3v) is 4.62. The first-order valence-corrected chi connectivity index (χ1v) is 8.64. The molecule has 1 aliphatic heterocycles. The Morgan fingerprint density at radius 2 is 1.80 bits per heavy atom. The van der Waals surface area contributed by atoms with Gasteiger partial charge in [0.2, 0.25) is 0 Å². The van der Waals surface area contributed by atoms with Crippen LogP contribution < -0.4 is 10.2 Å². The molecule has 0 bridgehead atoms. The van der Waals surface area contributed by atoms with Crippen molar-refractivity contribution in [2.45, 2.75) is 6.54 Å². The highest BCUT2D eigenvalue weighted by atomic mass is 35.5. The van der Waals surface area contributed by atoms with Crippen LogP contribution in [-0.4, -0.2) is 32.2 Å². The highest BCUT2D eigenvalue weighted by molar-refractivity contribution is 6.36. The summed E-state index contributed by atoms with van der Waals surface area (Å²) in [5.41, 5.74) is 2.13. The van der Waals surface area contributed by atoms with Crippen LogP contribution in [0.4, 0.5) is 10.1 Å². The lowest BCUT2D eigenvalue weighted by atomic mass is 10.1. The van der Waals surface area contributed by atoms with Crippen molar-refractivity contribution >= 4 is 34.8 Å². The van der Waals surface area contributed by atoms with E-state index in [4.69, 9.17) is 27.9 Å². The lowest BCUT2D eigenvalue weighted by molar-refractivity contribution is 0.0950. The Hall–Kier alpha value is -1.82. The molecule has 25 heavy (non-hydrogen) atoms. The topological polar surface area (TPSA) is 41.6 Å². The quantitative estimate of drug-likeness (QED) is 0.815. The minimum atomic E-state index is -0.675. The van der Waals surface area contributed by atoms with Crippen LogP contribution >= 0.6 is 23.2 Å². The third-order valence-electron chi connectivity index (χ3n) is 4.02. The van der Waals surface area contributed by atoms with Gasteiger partial charge in [-0.1, -0.05) is 35.3 Å². The maximum Gasteiger partial charge on any atom is 0.253 e. The molecule has 3 rings (SSSR count). The Bertz CT molecular complexity index is 762. The number of benzene rings is 2. The molecule has 0 saturated carbocycles. The first-order valence-electron chi connectivity index (χ1n) is 7.89. The standard InChI is InChI=1S/C18H17Cl2FN2O2/c19-15-10-16(20)17(21)9-14(15)18(24)22-11-12-1-3-13(4-2-12)23-5-7-25-8-6-23/h1-4,9-10H,5-8,11H2,(H,22,24). The number of halogens is 3. The molecule has 0 aromatic heterocycles. The SMILES string of the molecule is O=C(NCc1ccc(N2CCOCC2)cc1)c1cc(F)c(Cl)cc1Cl. The van der Waals surface area contributed by atoms with Crippen LogP contribution in [0.3, 0.4) is 0 Å². The molecule has 0 unspecified atom stereocenters. The number of morpholine rings is 1. The molecule has 0 aliphatic carbocycles. The van der Waals surface area contributed by atoms with Crippen molar-refractivity contribution in [3.8, 4) is 0 Å². The van der Waals surface area contributed by atoms with Crippen LogP contribution in [0.25, 0.3) is 0 Å². The monoisotopic (exact) mass is 382 g/mol. The predicted octanol–water partition coefficient (Wildman–Crippen LogP) is 3.90. The summed E-state index contributed by atoms with van der Waals surface area (Å²) < 4.78 is 18.9. The van der Waals surface area contributed by atoms with E-state index in [-0.39, 0.29) is 15.6 Å². The Morgan fingerprint density at radius 3 is 2.48 bits per heavy atom. The minimum absolute atomic E-state index is 0.0634. The number of hydrogen-bond acceptors (Lipinski definition) is 3. The molecule has 132 valence electrons. The van der Waals surface area contributed by atoms with E-state index in [1.807, 2.05) is 24.3 Å². The smallest absolute Gasteiger partial charge is 0.253 e. The van der Waals surface area contributed by atoms with E-state index in [0.29, 0.717) is 6.54 Å². The van der Waals surface area contributed by atoms with Gasteiger partial charge in [0.1, 0.15) is 5.82 Å². The number of hydrogen-bond donors (Lipinski definition) is 1. The van der Waals surface area contributed by atoms with Crippen LogP contribution in [0, 0.1) is 5.82 Å². The third kappa shape index (κ3) is 4.42. The molecule has 0 spiro atoms. The number of amides is 1. The van der Waals surface area contributed by atoms with Gasteiger partial charge in [0.05, 0.1) is 28.8 Å². The van der Waals surface area contributed by atoms with E-state index in [2.05, 4.69) is 10.2 Å². The number of ether oxygens (including phenoxy) is 1. The summed E-state index contributed by atoms with van der Waals surface area (Å²) in [6.45, 7) is 3.53. The van der Waals surface area contributed by atoms with Gasteiger partial charge in [0.25, 0.3) is 5.91 Å². The molecule has 2 aromatic carbocycles. The number of carbonyl (C=O) groups is 1. The van der Waals surface area contributed by atoms with Gasteiger partial charge in [-0.15, -0.1) is 0 Å². The van der Waals surface area contributed by atoms with E-state index in [9.17, 15) is 9.18 Å². The van der Waals surface area contributed by atoms with Crippen molar-refractivity contribution in [1.82, 2.24) is 5.32 Å². The Kier molecular flexibility index (Phi) is 5.78. The van der Waals surface area contributed by atoms with E-state index in [1.165, 1.54) is 6.07 Å². The maximum absolute atomic E-state index is 13.5. The van der Waals surface area contributed by atoms with Gasteiger partial charge in [-0.2, -0.15) is 0 Å². The molecule has 2 aromatic rings. The van der Waals surface area contributed by atoms with Crippen molar-refractivity contribution in [1.29, 1.82) is 0 Å². The van der Waals surface area contributed by atoms with Crippen LogP contribution in [0.5, 0.6) is 0 Å². The number of carbonyl (C=O) groups excluding carboxylic acids is 1. The fourth-order valence-electron chi connectivity index (χ4n) is 2.62. The molecule has 0 radical (unpaired) electrons. The van der Waals surface area contributed by atoms with Crippen molar-refractivity contribution in [3.05, 3.63) is 63.4 Å². The normalized spacial score (nSPS) is 14.4. The molecular weight excluding hydrogens is 366 g/mol. The fraction of sp³-hybridized carbons (Fsp3) is 0.278. The molecular formula is C18H17Cl2FN2O2. The van der Waals surface area contributed by atoms with Crippen molar-refractivity contribution in [2.75, 3.05) is 31.2 Å². The van der Waals surface area contributed by atoms with Crippen molar-refractivity contribution in [3.63, 3.8) is 0 Å². The zero-order valence-electron chi connectivity index (χ0n) is 13.4. The molecule has 1 aliphatic rings. The molecule has 4 nitrogen and oxygen atoms in total. The molecule has 1 fully saturated rings. The zero-order chi connectivity index (χ0) is 17.8. The first kappa shape index (κ1) is 18.0. The van der Waals surface area contributed by atoms with Gasteiger partial charge in [-0.05, 0) is 29.8 Å². The first-order chi connectivity index (χ1) is 12.0. The van der Waals surface area contributed by atoms with Gasteiger partial charge in [-0.3, -0.25) is 4.79 Å². The van der Waals surface area contributed by atoms with Gasteiger partial charge < -0.3 is 15.0 Å². The minimum Gasteiger partial charge on any atom is -0.378 e. The fourth-order valence-corrected chi connectivity index (χ4v) is 3.09. The Morgan fingerprint density at radius 1 is 1.12 bits per heavy atom. The molecule has 1 amide bonds. The lowest BCUT2D eigenvalue weighted by Gasteiger charge is -2.28. The van der Waals surface area contributed by atoms with E-state index < -0.39 is 11.7 Å². The Balaban J connectivity index is 1.61. The second kappa shape index (κ2) is 8.04. The van der Waals surface area contributed by atoms with E-state index >= 15 is 0 Å². The molecule has 1 saturated heterocycles. The molecule has 0 atom stereocenters. The number of nitrogens with one attached hydrogen (secondary N) is 1. The highest BCUT2D eigenvalue weighted by Gasteiger charge is 2.14. The number of rotatable bonds is 4. The summed E-state index contributed by atoms with van der Waals surface area (Å²) in [6, 6.07) is 10.2. The van der Waals surface area contributed by atoms with Gasteiger partial charge in [-0.25, -0.2) is 4.39 Å². The number of nitrogens with zero attached hydrogens (tertiary/aromatic N) is 1. The van der Waals surface area contributed by atoms with Crippen LogP contribution in [0.15, 0.2) is 36.4 Å². The second-order valence-corrected chi connectivity index (χ2v) is 6.51. The van der Waals surface area contributed by atoms with Gasteiger partial charge in [0.15, 0.2) is 0 Å². The summed E-state index contributed by atoms with van der Waals surface area (Å²) in [5.74, 6) is -1.12. The summed E-state index contributed by atoms with van der Waals surface area (Å²) in [5, 5.41) is 2.74. The van der Waals surface area contributed by atoms with Gasteiger partial charge in [0, 0.05) is 25.3 Å². The maximum atomic E-state index is 13.5. The zero-order valence-corrected chi connectivity index (χ0v) is 14.9. The van der Waals surface area contributed by atoms with Crippen LogP contribution in [-0.2, 0) is 11.3 Å². The predicted molar refractivity (Wildman–Crippen MR) is 97.1 cm³/mol. The van der Waals surface area contributed by atoms with Crippen LogP contribution in [0.2, 0.25) is 10.0 Å². The van der Waals surface area contributed by atoms with E-state index in [0.717, 1.165) is 43.6 Å². The average molecular weight is 383 g/mol. The Labute approximate surface area is 155 Å². The van der Waals surface area contributed by atoms with Gasteiger partial charge >= 0.3 is 0 Å². The molecule has 1 N–H and O–H groups in total. The summed E-state index contributed by atoms with van der Waals surface area (Å²) >= 11 is 11.6. The lowest BCUT2D eigenvalue weighted by Crippen LogP contribution is -2.36. The number of anilines is 1. The average Bonchev–Trinajstić information content (AvgIpc) is 2.64. The molecule has 1 heterocycles. The van der Waals surface area contributed by atoms with Crippen molar-refractivity contribution in [2.24, 2.45) is 0 Å². The second-order valence-electron chi connectivity index (χ2n) is 5.69.